The lowest BCUT2D eigenvalue weighted by Gasteiger charge is -2.38. The molecule has 10 heteroatoms. The molecule has 1 amide bonds. The summed E-state index contributed by atoms with van der Waals surface area (Å²) < 4.78 is 23.5. The maximum atomic E-state index is 13.6. The van der Waals surface area contributed by atoms with Crippen molar-refractivity contribution >= 4 is 55.6 Å². The van der Waals surface area contributed by atoms with Gasteiger partial charge in [0.05, 0.1) is 33.5 Å². The van der Waals surface area contributed by atoms with E-state index in [1.54, 1.807) is 18.2 Å². The average Bonchev–Trinajstić information content (AvgIpc) is 3.15. The number of amides is 1. The molecule has 0 bridgehead atoms. The Morgan fingerprint density at radius 2 is 1.97 bits per heavy atom. The van der Waals surface area contributed by atoms with Crippen LogP contribution in [-0.2, 0) is 14.6 Å². The van der Waals surface area contributed by atoms with E-state index < -0.39 is 15.7 Å². The van der Waals surface area contributed by atoms with Crippen molar-refractivity contribution in [3.05, 3.63) is 51.8 Å². The predicted octanol–water partition coefficient (Wildman–Crippen LogP) is 4.04. The zero-order valence-corrected chi connectivity index (χ0v) is 19.2. The fraction of sp³-hybridized carbons (Fsp3) is 0.350. The van der Waals surface area contributed by atoms with Gasteiger partial charge < -0.3 is 4.90 Å². The highest BCUT2D eigenvalue weighted by atomic mass is 35.5. The topological polar surface area (TPSA) is 82.4 Å². The zero-order chi connectivity index (χ0) is 22.1. The highest BCUT2D eigenvalue weighted by Crippen LogP contribution is 2.39. The van der Waals surface area contributed by atoms with Crippen molar-refractivity contribution < 1.29 is 13.2 Å². The number of para-hydroxylation sites is 1. The number of benzene rings is 1. The molecule has 160 valence electrons. The second kappa shape index (κ2) is 8.91. The highest BCUT2D eigenvalue weighted by Gasteiger charge is 2.41. The van der Waals surface area contributed by atoms with Crippen LogP contribution in [0.3, 0.4) is 0 Å². The lowest BCUT2D eigenvalue weighted by molar-refractivity contribution is -0.114. The monoisotopic (exact) mass is 468 g/mol. The molecule has 1 aromatic carbocycles. The number of sulfone groups is 1. The SMILES string of the molecule is CCC/C=C1/C(=C\N=C(C)S(C)(=O)=O)C(=O)N(c2c(Cl)cccc2Cl)C2=NCCN21. The molecule has 0 radical (unpaired) electrons. The number of unbranched alkanes of at least 4 members (excludes halogenated alkanes) is 1. The maximum absolute atomic E-state index is 13.6. The van der Waals surface area contributed by atoms with Gasteiger partial charge in [-0.15, -0.1) is 0 Å². The molecule has 2 aliphatic rings. The third-order valence-electron chi connectivity index (χ3n) is 4.72. The normalized spacial score (nSPS) is 20.2. The molecular formula is C20H22Cl2N4O3S. The number of halogens is 2. The van der Waals surface area contributed by atoms with Crippen molar-refractivity contribution in [3.8, 4) is 0 Å². The van der Waals surface area contributed by atoms with Crippen molar-refractivity contribution in [3.63, 3.8) is 0 Å². The molecule has 0 unspecified atom stereocenters. The first kappa shape index (κ1) is 22.5. The van der Waals surface area contributed by atoms with Gasteiger partial charge in [-0.1, -0.05) is 48.7 Å². The molecule has 0 spiro atoms. The third-order valence-corrected chi connectivity index (χ3v) is 6.51. The molecule has 7 nitrogen and oxygen atoms in total. The summed E-state index contributed by atoms with van der Waals surface area (Å²) in [6, 6.07) is 4.99. The van der Waals surface area contributed by atoms with E-state index in [-0.39, 0.29) is 10.6 Å². The maximum Gasteiger partial charge on any atom is 0.268 e. The van der Waals surface area contributed by atoms with Crippen LogP contribution in [-0.4, -0.2) is 49.6 Å². The minimum Gasteiger partial charge on any atom is -0.309 e. The van der Waals surface area contributed by atoms with E-state index in [9.17, 15) is 13.2 Å². The molecule has 3 rings (SSSR count). The minimum atomic E-state index is -3.47. The summed E-state index contributed by atoms with van der Waals surface area (Å²) in [5.74, 6) is 0.0209. The Kier molecular flexibility index (Phi) is 6.69. The first-order valence-corrected chi connectivity index (χ1v) is 12.1. The molecule has 1 aromatic rings. The largest absolute Gasteiger partial charge is 0.309 e. The summed E-state index contributed by atoms with van der Waals surface area (Å²) in [4.78, 5) is 25.4. The number of nitrogens with zero attached hydrogens (tertiary/aromatic N) is 4. The zero-order valence-electron chi connectivity index (χ0n) is 16.9. The summed E-state index contributed by atoms with van der Waals surface area (Å²) in [6.45, 7) is 4.50. The van der Waals surface area contributed by atoms with Crippen molar-refractivity contribution in [2.75, 3.05) is 24.2 Å². The second-order valence-electron chi connectivity index (χ2n) is 6.89. The first-order valence-electron chi connectivity index (χ1n) is 9.42. The highest BCUT2D eigenvalue weighted by molar-refractivity contribution is 8.05. The quantitative estimate of drug-likeness (QED) is 0.379. The number of rotatable bonds is 4. The van der Waals surface area contributed by atoms with Crippen LogP contribution in [0.2, 0.25) is 10.0 Å². The van der Waals surface area contributed by atoms with Crippen molar-refractivity contribution in [2.45, 2.75) is 26.7 Å². The summed E-state index contributed by atoms with van der Waals surface area (Å²) >= 11 is 12.8. The molecule has 0 atom stereocenters. The fourth-order valence-electron chi connectivity index (χ4n) is 3.10. The molecule has 0 aromatic heterocycles. The van der Waals surface area contributed by atoms with Gasteiger partial charge in [0.1, 0.15) is 5.04 Å². The van der Waals surface area contributed by atoms with Gasteiger partial charge in [-0.3, -0.25) is 9.79 Å². The van der Waals surface area contributed by atoms with E-state index in [0.29, 0.717) is 40.5 Å². The lowest BCUT2D eigenvalue weighted by Crippen LogP contribution is -2.52. The summed E-state index contributed by atoms with van der Waals surface area (Å²) in [5, 5.41) is 0.531. The predicted molar refractivity (Wildman–Crippen MR) is 122 cm³/mol. The number of aliphatic imine (C=N–C) groups is 2. The number of guanidine groups is 1. The van der Waals surface area contributed by atoms with E-state index >= 15 is 0 Å². The first-order chi connectivity index (χ1) is 14.2. The summed E-state index contributed by atoms with van der Waals surface area (Å²) in [7, 11) is -3.47. The lowest BCUT2D eigenvalue weighted by atomic mass is 10.1. The Morgan fingerprint density at radius 3 is 2.57 bits per heavy atom. The Hall–Kier alpha value is -2.16. The summed E-state index contributed by atoms with van der Waals surface area (Å²) in [6.07, 6.45) is 5.94. The van der Waals surface area contributed by atoms with E-state index in [4.69, 9.17) is 23.2 Å². The van der Waals surface area contributed by atoms with Crippen LogP contribution in [0.5, 0.6) is 0 Å². The Morgan fingerprint density at radius 1 is 1.30 bits per heavy atom. The minimum absolute atomic E-state index is 0.0825. The molecule has 1 saturated heterocycles. The van der Waals surface area contributed by atoms with Crippen molar-refractivity contribution in [1.82, 2.24) is 4.90 Å². The fourth-order valence-corrected chi connectivity index (χ4v) is 3.91. The van der Waals surface area contributed by atoms with Crippen LogP contribution in [0.4, 0.5) is 5.69 Å². The smallest absolute Gasteiger partial charge is 0.268 e. The van der Waals surface area contributed by atoms with Gasteiger partial charge in [0, 0.05) is 19.0 Å². The number of hydrogen-bond acceptors (Lipinski definition) is 6. The Bertz CT molecular complexity index is 1090. The molecule has 2 aliphatic heterocycles. The van der Waals surface area contributed by atoms with Gasteiger partial charge in [-0.05, 0) is 25.5 Å². The van der Waals surface area contributed by atoms with E-state index in [1.807, 2.05) is 17.9 Å². The number of fused-ring (bicyclic) bond motifs is 1. The molecule has 2 heterocycles. The third kappa shape index (κ3) is 4.31. The van der Waals surface area contributed by atoms with Gasteiger partial charge in [0.2, 0.25) is 5.96 Å². The van der Waals surface area contributed by atoms with Crippen LogP contribution in [0.1, 0.15) is 26.7 Å². The van der Waals surface area contributed by atoms with E-state index in [2.05, 4.69) is 9.98 Å². The molecule has 0 saturated carbocycles. The van der Waals surface area contributed by atoms with Gasteiger partial charge in [-0.25, -0.2) is 18.3 Å². The number of carbonyl (C=O) groups excluding carboxylic acids is 1. The second-order valence-corrected chi connectivity index (χ2v) is 9.83. The molecule has 0 N–H and O–H groups in total. The van der Waals surface area contributed by atoms with Gasteiger partial charge in [0.15, 0.2) is 9.84 Å². The van der Waals surface area contributed by atoms with Gasteiger partial charge in [0.25, 0.3) is 5.91 Å². The van der Waals surface area contributed by atoms with Crippen LogP contribution < -0.4 is 4.90 Å². The molecular weight excluding hydrogens is 447 g/mol. The summed E-state index contributed by atoms with van der Waals surface area (Å²) in [5.41, 5.74) is 1.24. The van der Waals surface area contributed by atoms with Gasteiger partial charge >= 0.3 is 0 Å². The number of allylic oxidation sites excluding steroid dienone is 1. The number of hydrogen-bond donors (Lipinski definition) is 0. The van der Waals surface area contributed by atoms with E-state index in [1.165, 1.54) is 18.0 Å². The van der Waals surface area contributed by atoms with Crippen LogP contribution in [0, 0.1) is 0 Å². The standard InChI is InChI=1S/C20H22Cl2N4O3S/c1-4-5-9-17-14(12-24-13(2)30(3,28)29)19(27)26(20-23-10-11-25(17)20)18-15(21)7-6-8-16(18)22/h6-9,12H,4-5,10-11H2,1-3H3/b14-12+,17-9-,24-13?. The van der Waals surface area contributed by atoms with Crippen LogP contribution >= 0.6 is 23.2 Å². The van der Waals surface area contributed by atoms with Crippen LogP contribution in [0.25, 0.3) is 0 Å². The Balaban J connectivity index is 2.21. The number of anilines is 1. The molecule has 0 aliphatic carbocycles. The number of carbonyl (C=O) groups is 1. The Labute approximate surface area is 186 Å². The van der Waals surface area contributed by atoms with Crippen molar-refractivity contribution in [2.24, 2.45) is 9.98 Å². The molecule has 30 heavy (non-hydrogen) atoms. The van der Waals surface area contributed by atoms with Gasteiger partial charge in [-0.2, -0.15) is 0 Å². The average molecular weight is 469 g/mol. The van der Waals surface area contributed by atoms with E-state index in [0.717, 1.165) is 19.1 Å². The molecule has 1 fully saturated rings. The van der Waals surface area contributed by atoms with Crippen LogP contribution in [0.15, 0.2) is 51.7 Å². The van der Waals surface area contributed by atoms with Crippen molar-refractivity contribution in [1.29, 1.82) is 0 Å².